The summed E-state index contributed by atoms with van der Waals surface area (Å²) in [4.78, 5) is 56.1. The van der Waals surface area contributed by atoms with Crippen molar-refractivity contribution in [3.8, 4) is 5.75 Å². The first-order valence-electron chi connectivity index (χ1n) is 11.0. The normalized spacial score (nSPS) is 17.6. The molecule has 3 amide bonds. The van der Waals surface area contributed by atoms with Crippen LogP contribution in [0.3, 0.4) is 0 Å². The number of Topliss-reactive ketones (excluding diaryl/α,β-unsaturated/α-hetero) is 1. The Morgan fingerprint density at radius 1 is 1.27 bits per heavy atom. The standard InChI is InChI=1S/C23H26N4O5S/c1-32-16-6-2-5-14(11-16)22(31)26-23-25-17-12-15(13-18(28)20(17)33-23)21(30)24-8-4-10-27-9-3-7-19(27)29/h2,5-6,11,15H,3-4,7-10,12-13H2,1H3,(H,24,30)(H,25,26,31)/t15-/m0/s1. The van der Waals surface area contributed by atoms with Gasteiger partial charge in [-0.3, -0.25) is 24.5 Å². The predicted octanol–water partition coefficient (Wildman–Crippen LogP) is 2.28. The number of methoxy groups -OCH3 is 1. The zero-order valence-corrected chi connectivity index (χ0v) is 19.2. The van der Waals surface area contributed by atoms with Gasteiger partial charge >= 0.3 is 0 Å². The number of hydrogen-bond acceptors (Lipinski definition) is 7. The molecule has 4 rings (SSSR count). The highest BCUT2D eigenvalue weighted by molar-refractivity contribution is 7.17. The Morgan fingerprint density at radius 3 is 2.88 bits per heavy atom. The number of amides is 3. The van der Waals surface area contributed by atoms with Crippen LogP contribution < -0.4 is 15.4 Å². The minimum absolute atomic E-state index is 0.120. The summed E-state index contributed by atoms with van der Waals surface area (Å²) in [5.41, 5.74) is 0.960. The number of hydrogen-bond donors (Lipinski definition) is 2. The molecule has 0 bridgehead atoms. The van der Waals surface area contributed by atoms with Crippen molar-refractivity contribution in [2.24, 2.45) is 5.92 Å². The zero-order valence-electron chi connectivity index (χ0n) is 18.4. The van der Waals surface area contributed by atoms with Crippen LogP contribution in [0, 0.1) is 5.92 Å². The number of carbonyl (C=O) groups excluding carboxylic acids is 4. The van der Waals surface area contributed by atoms with E-state index in [0.717, 1.165) is 24.3 Å². The predicted molar refractivity (Wildman–Crippen MR) is 123 cm³/mol. The fourth-order valence-corrected chi connectivity index (χ4v) is 5.01. The summed E-state index contributed by atoms with van der Waals surface area (Å²) >= 11 is 1.13. The molecular weight excluding hydrogens is 444 g/mol. The van der Waals surface area contributed by atoms with Crippen LogP contribution in [0.5, 0.6) is 5.75 Å². The van der Waals surface area contributed by atoms with Gasteiger partial charge in [0.05, 0.1) is 23.6 Å². The van der Waals surface area contributed by atoms with E-state index in [4.69, 9.17) is 4.74 Å². The Morgan fingerprint density at radius 2 is 2.12 bits per heavy atom. The van der Waals surface area contributed by atoms with E-state index in [1.807, 2.05) is 4.90 Å². The number of thiazole rings is 1. The first kappa shape index (κ1) is 22.9. The Balaban J connectivity index is 1.31. The lowest BCUT2D eigenvalue weighted by atomic mass is 9.89. The molecule has 1 fully saturated rings. The van der Waals surface area contributed by atoms with Crippen LogP contribution in [0.2, 0.25) is 0 Å². The van der Waals surface area contributed by atoms with E-state index in [-0.39, 0.29) is 29.9 Å². The van der Waals surface area contributed by atoms with E-state index in [2.05, 4.69) is 15.6 Å². The average molecular weight is 471 g/mol. The quantitative estimate of drug-likeness (QED) is 0.572. The topological polar surface area (TPSA) is 118 Å². The molecule has 0 saturated carbocycles. The van der Waals surface area contributed by atoms with Crippen molar-refractivity contribution >= 4 is 40.0 Å². The fourth-order valence-electron chi connectivity index (χ4n) is 4.07. The summed E-state index contributed by atoms with van der Waals surface area (Å²) in [6.45, 7) is 1.88. The molecule has 1 atom stereocenters. The lowest BCUT2D eigenvalue weighted by Gasteiger charge is -2.20. The van der Waals surface area contributed by atoms with Crippen molar-refractivity contribution in [3.63, 3.8) is 0 Å². The maximum Gasteiger partial charge on any atom is 0.257 e. The SMILES string of the molecule is COc1cccc(C(=O)Nc2nc3c(s2)C(=O)C[C@@H](C(=O)NCCCN2CCCC2=O)C3)c1. The highest BCUT2D eigenvalue weighted by Crippen LogP contribution is 2.32. The molecule has 1 saturated heterocycles. The molecule has 10 heteroatoms. The van der Waals surface area contributed by atoms with E-state index < -0.39 is 5.92 Å². The lowest BCUT2D eigenvalue weighted by molar-refractivity contribution is -0.127. The average Bonchev–Trinajstić information content (AvgIpc) is 3.42. The zero-order chi connectivity index (χ0) is 23.4. The number of fused-ring (bicyclic) bond motifs is 1. The number of rotatable bonds is 8. The molecule has 2 N–H and O–H groups in total. The Labute approximate surface area is 195 Å². The van der Waals surface area contributed by atoms with Gasteiger partial charge in [0.2, 0.25) is 11.8 Å². The Bertz CT molecular complexity index is 1080. The monoisotopic (exact) mass is 470 g/mol. The minimum atomic E-state index is -0.484. The molecule has 0 spiro atoms. The number of likely N-dealkylation sites (tertiary alicyclic amines) is 1. The van der Waals surface area contributed by atoms with Gasteiger partial charge in [-0.25, -0.2) is 4.98 Å². The van der Waals surface area contributed by atoms with Gasteiger partial charge in [0.25, 0.3) is 5.91 Å². The number of ether oxygens (including phenoxy) is 1. The van der Waals surface area contributed by atoms with Gasteiger partial charge in [0.1, 0.15) is 5.75 Å². The van der Waals surface area contributed by atoms with Crippen molar-refractivity contribution in [1.29, 1.82) is 0 Å². The van der Waals surface area contributed by atoms with Crippen LogP contribution in [-0.2, 0) is 16.0 Å². The third-order valence-corrected chi connectivity index (χ3v) is 6.87. The second-order valence-corrected chi connectivity index (χ2v) is 9.14. The van der Waals surface area contributed by atoms with E-state index in [1.54, 1.807) is 24.3 Å². The number of ketones is 1. The summed E-state index contributed by atoms with van der Waals surface area (Å²) in [6, 6.07) is 6.75. The van der Waals surface area contributed by atoms with E-state index in [1.165, 1.54) is 7.11 Å². The van der Waals surface area contributed by atoms with Crippen molar-refractivity contribution in [2.75, 3.05) is 32.1 Å². The lowest BCUT2D eigenvalue weighted by Crippen LogP contribution is -2.37. The van der Waals surface area contributed by atoms with E-state index >= 15 is 0 Å². The highest BCUT2D eigenvalue weighted by Gasteiger charge is 2.33. The molecule has 9 nitrogen and oxygen atoms in total. The number of anilines is 1. The molecule has 1 aliphatic heterocycles. The molecule has 174 valence electrons. The van der Waals surface area contributed by atoms with Crippen LogP contribution in [-0.4, -0.2) is 60.1 Å². The fraction of sp³-hybridized carbons (Fsp3) is 0.435. The number of benzene rings is 1. The molecule has 33 heavy (non-hydrogen) atoms. The number of nitrogens with one attached hydrogen (secondary N) is 2. The summed E-state index contributed by atoms with van der Waals surface area (Å²) in [6.07, 6.45) is 2.65. The third-order valence-electron chi connectivity index (χ3n) is 5.82. The Kier molecular flexibility index (Phi) is 7.02. The smallest absolute Gasteiger partial charge is 0.257 e. The van der Waals surface area contributed by atoms with Crippen molar-refractivity contribution in [1.82, 2.24) is 15.2 Å². The van der Waals surface area contributed by atoms with Gasteiger partial charge in [-0.05, 0) is 31.0 Å². The molecule has 2 aromatic rings. The largest absolute Gasteiger partial charge is 0.497 e. The summed E-state index contributed by atoms with van der Waals surface area (Å²) < 4.78 is 5.14. The van der Waals surface area contributed by atoms with Crippen molar-refractivity contribution in [2.45, 2.75) is 32.1 Å². The van der Waals surface area contributed by atoms with Gasteiger partial charge in [0, 0.05) is 44.5 Å². The van der Waals surface area contributed by atoms with Crippen LogP contribution in [0.15, 0.2) is 24.3 Å². The van der Waals surface area contributed by atoms with Gasteiger partial charge < -0.3 is 15.0 Å². The molecule has 1 aliphatic carbocycles. The van der Waals surface area contributed by atoms with Crippen molar-refractivity contribution < 1.29 is 23.9 Å². The molecule has 1 aromatic carbocycles. The van der Waals surface area contributed by atoms with Crippen LogP contribution in [0.4, 0.5) is 5.13 Å². The Hall–Kier alpha value is -3.27. The molecule has 0 unspecified atom stereocenters. The van der Waals surface area contributed by atoms with Gasteiger partial charge in [0.15, 0.2) is 10.9 Å². The molecular formula is C23H26N4O5S. The second-order valence-electron chi connectivity index (χ2n) is 8.14. The molecule has 2 heterocycles. The number of carbonyl (C=O) groups is 4. The first-order chi connectivity index (χ1) is 15.9. The van der Waals surface area contributed by atoms with Gasteiger partial charge in [-0.2, -0.15) is 0 Å². The summed E-state index contributed by atoms with van der Waals surface area (Å²) in [5, 5.41) is 5.94. The molecule has 1 aromatic heterocycles. The first-order valence-corrected chi connectivity index (χ1v) is 11.8. The third kappa shape index (κ3) is 5.39. The molecule has 2 aliphatic rings. The van der Waals surface area contributed by atoms with Crippen LogP contribution >= 0.6 is 11.3 Å². The van der Waals surface area contributed by atoms with Gasteiger partial charge in [-0.15, -0.1) is 0 Å². The minimum Gasteiger partial charge on any atom is -0.497 e. The number of aromatic nitrogens is 1. The highest BCUT2D eigenvalue weighted by atomic mass is 32.1. The second kappa shape index (κ2) is 10.1. The summed E-state index contributed by atoms with van der Waals surface area (Å²) in [5.74, 6) is -0.419. The maximum absolute atomic E-state index is 12.6. The summed E-state index contributed by atoms with van der Waals surface area (Å²) in [7, 11) is 1.53. The number of nitrogens with zero attached hydrogens (tertiary/aromatic N) is 2. The van der Waals surface area contributed by atoms with Crippen molar-refractivity contribution in [3.05, 3.63) is 40.4 Å². The maximum atomic E-state index is 12.6. The van der Waals surface area contributed by atoms with Crippen LogP contribution in [0.1, 0.15) is 51.4 Å². The van der Waals surface area contributed by atoms with E-state index in [0.29, 0.717) is 59.4 Å². The van der Waals surface area contributed by atoms with E-state index in [9.17, 15) is 19.2 Å². The van der Waals surface area contributed by atoms with Gasteiger partial charge in [-0.1, -0.05) is 17.4 Å². The van der Waals surface area contributed by atoms with Crippen LogP contribution in [0.25, 0.3) is 0 Å². The molecule has 0 radical (unpaired) electrons.